The minimum atomic E-state index is 0.572. The van der Waals surface area contributed by atoms with E-state index < -0.39 is 0 Å². The Morgan fingerprint density at radius 2 is 1.94 bits per heavy atom. The normalized spacial score (nSPS) is 10.9. The molecule has 0 saturated carbocycles. The maximum absolute atomic E-state index is 5.69. The minimum absolute atomic E-state index is 0.572. The highest BCUT2D eigenvalue weighted by atomic mass is 16.5. The Kier molecular flexibility index (Phi) is 4.03. The van der Waals surface area contributed by atoms with E-state index in [1.54, 1.807) is 6.20 Å². The zero-order valence-corrected chi connectivity index (χ0v) is 11.3. The van der Waals surface area contributed by atoms with Gasteiger partial charge >= 0.3 is 0 Å². The average molecular weight is 244 g/mol. The number of hydrogen-bond acceptors (Lipinski definition) is 2. The summed E-state index contributed by atoms with van der Waals surface area (Å²) in [7, 11) is 0. The maximum atomic E-state index is 5.69. The van der Waals surface area contributed by atoms with E-state index in [1.807, 2.05) is 10.9 Å². The van der Waals surface area contributed by atoms with Gasteiger partial charge in [0.15, 0.2) is 5.75 Å². The van der Waals surface area contributed by atoms with Gasteiger partial charge in [0.05, 0.1) is 12.4 Å². The van der Waals surface area contributed by atoms with Crippen molar-refractivity contribution in [1.29, 1.82) is 0 Å². The molecule has 1 aromatic carbocycles. The van der Waals surface area contributed by atoms with Gasteiger partial charge < -0.3 is 4.74 Å². The molecule has 0 bridgehead atoms. The molecule has 0 spiro atoms. The summed E-state index contributed by atoms with van der Waals surface area (Å²) in [5.74, 6) is 1.40. The van der Waals surface area contributed by atoms with Gasteiger partial charge in [-0.2, -0.15) is 5.10 Å². The fourth-order valence-corrected chi connectivity index (χ4v) is 1.76. The van der Waals surface area contributed by atoms with E-state index in [4.69, 9.17) is 4.74 Å². The fourth-order valence-electron chi connectivity index (χ4n) is 1.76. The van der Waals surface area contributed by atoms with Crippen molar-refractivity contribution in [3.8, 4) is 5.75 Å². The van der Waals surface area contributed by atoms with Gasteiger partial charge in [0.2, 0.25) is 0 Å². The summed E-state index contributed by atoms with van der Waals surface area (Å²) in [5.41, 5.74) is 2.54. The molecule has 96 valence electrons. The van der Waals surface area contributed by atoms with Gasteiger partial charge in [-0.15, -0.1) is 0 Å². The van der Waals surface area contributed by atoms with Crippen LogP contribution in [0.25, 0.3) is 0 Å². The number of aryl methyl sites for hydroxylation is 1. The molecule has 2 aromatic rings. The lowest BCUT2D eigenvalue weighted by molar-refractivity contribution is 0.305. The molecule has 18 heavy (non-hydrogen) atoms. The van der Waals surface area contributed by atoms with E-state index in [-0.39, 0.29) is 0 Å². The predicted molar refractivity (Wildman–Crippen MR) is 72.8 cm³/mol. The summed E-state index contributed by atoms with van der Waals surface area (Å²) < 4.78 is 7.55. The molecule has 1 aromatic heterocycles. The molecule has 0 N–H and O–H groups in total. The summed E-state index contributed by atoms with van der Waals surface area (Å²) in [5, 5.41) is 4.18. The lowest BCUT2D eigenvalue weighted by Crippen LogP contribution is -1.96. The summed E-state index contributed by atoms with van der Waals surface area (Å²) in [6, 6.07) is 8.58. The summed E-state index contributed by atoms with van der Waals surface area (Å²) in [4.78, 5) is 0. The highest BCUT2D eigenvalue weighted by Gasteiger charge is 2.01. The zero-order valence-electron chi connectivity index (χ0n) is 11.3. The smallest absolute Gasteiger partial charge is 0.157 e. The van der Waals surface area contributed by atoms with Crippen LogP contribution in [-0.4, -0.2) is 9.78 Å². The quantitative estimate of drug-likeness (QED) is 0.803. The van der Waals surface area contributed by atoms with Crippen molar-refractivity contribution in [1.82, 2.24) is 9.78 Å². The van der Waals surface area contributed by atoms with Gasteiger partial charge in [-0.3, -0.25) is 4.68 Å². The van der Waals surface area contributed by atoms with Gasteiger partial charge in [0.1, 0.15) is 6.61 Å². The standard InChI is InChI=1S/C15H20N2O/c1-4-17-10-15(9-16-17)18-11-13-5-7-14(8-6-13)12(2)3/h5-10,12H,4,11H2,1-3H3. The molecule has 0 saturated heterocycles. The Morgan fingerprint density at radius 1 is 1.22 bits per heavy atom. The van der Waals surface area contributed by atoms with Crippen molar-refractivity contribution >= 4 is 0 Å². The monoisotopic (exact) mass is 244 g/mol. The van der Waals surface area contributed by atoms with E-state index in [2.05, 4.69) is 50.1 Å². The Labute approximate surface area is 108 Å². The van der Waals surface area contributed by atoms with E-state index in [9.17, 15) is 0 Å². The summed E-state index contributed by atoms with van der Waals surface area (Å²) in [6.07, 6.45) is 3.68. The van der Waals surface area contributed by atoms with E-state index >= 15 is 0 Å². The van der Waals surface area contributed by atoms with Crippen molar-refractivity contribution in [3.05, 3.63) is 47.8 Å². The maximum Gasteiger partial charge on any atom is 0.157 e. The fraction of sp³-hybridized carbons (Fsp3) is 0.400. The van der Waals surface area contributed by atoms with Gasteiger partial charge in [-0.1, -0.05) is 38.1 Å². The third-order valence-corrected chi connectivity index (χ3v) is 2.99. The largest absolute Gasteiger partial charge is 0.486 e. The first-order valence-corrected chi connectivity index (χ1v) is 6.43. The number of benzene rings is 1. The number of aromatic nitrogens is 2. The third-order valence-electron chi connectivity index (χ3n) is 2.99. The van der Waals surface area contributed by atoms with Crippen LogP contribution in [0.5, 0.6) is 5.75 Å². The lowest BCUT2D eigenvalue weighted by Gasteiger charge is -2.07. The van der Waals surface area contributed by atoms with Crippen molar-refractivity contribution in [3.63, 3.8) is 0 Å². The van der Waals surface area contributed by atoms with Crippen LogP contribution in [0.15, 0.2) is 36.7 Å². The second kappa shape index (κ2) is 5.71. The average Bonchev–Trinajstić information content (AvgIpc) is 2.85. The molecule has 3 heteroatoms. The second-order valence-electron chi connectivity index (χ2n) is 4.72. The molecule has 0 aliphatic carbocycles. The summed E-state index contributed by atoms with van der Waals surface area (Å²) in [6.45, 7) is 7.91. The van der Waals surface area contributed by atoms with Crippen LogP contribution in [-0.2, 0) is 13.2 Å². The van der Waals surface area contributed by atoms with Crippen molar-refractivity contribution in [2.75, 3.05) is 0 Å². The van der Waals surface area contributed by atoms with Crippen LogP contribution in [0.3, 0.4) is 0 Å². The first-order valence-electron chi connectivity index (χ1n) is 6.43. The highest BCUT2D eigenvalue weighted by molar-refractivity contribution is 5.24. The van der Waals surface area contributed by atoms with Crippen molar-refractivity contribution in [2.24, 2.45) is 0 Å². The SMILES string of the molecule is CCn1cc(OCc2ccc(C(C)C)cc2)cn1. The first kappa shape index (κ1) is 12.7. The molecule has 0 fully saturated rings. The highest BCUT2D eigenvalue weighted by Crippen LogP contribution is 2.16. The van der Waals surface area contributed by atoms with Crippen LogP contribution >= 0.6 is 0 Å². The van der Waals surface area contributed by atoms with Gasteiger partial charge in [0.25, 0.3) is 0 Å². The molecule has 2 rings (SSSR count). The molecule has 0 unspecified atom stereocenters. The number of ether oxygens (including phenoxy) is 1. The predicted octanol–water partition coefficient (Wildman–Crippen LogP) is 3.61. The second-order valence-corrected chi connectivity index (χ2v) is 4.72. The van der Waals surface area contributed by atoms with Crippen molar-refractivity contribution in [2.45, 2.75) is 39.8 Å². The Hall–Kier alpha value is -1.77. The number of hydrogen-bond donors (Lipinski definition) is 0. The third kappa shape index (κ3) is 3.13. The Morgan fingerprint density at radius 3 is 2.50 bits per heavy atom. The van der Waals surface area contributed by atoms with Gasteiger partial charge in [-0.05, 0) is 24.0 Å². The topological polar surface area (TPSA) is 27.1 Å². The molecular formula is C15H20N2O. The van der Waals surface area contributed by atoms with Crippen LogP contribution in [0, 0.1) is 0 Å². The molecule has 3 nitrogen and oxygen atoms in total. The molecule has 0 aliphatic heterocycles. The van der Waals surface area contributed by atoms with Crippen LogP contribution < -0.4 is 4.74 Å². The molecule has 0 amide bonds. The zero-order chi connectivity index (χ0) is 13.0. The molecule has 0 atom stereocenters. The lowest BCUT2D eigenvalue weighted by atomic mass is 10.0. The van der Waals surface area contributed by atoms with E-state index in [0.717, 1.165) is 12.3 Å². The van der Waals surface area contributed by atoms with Crippen molar-refractivity contribution < 1.29 is 4.74 Å². The Bertz CT molecular complexity index is 485. The van der Waals surface area contributed by atoms with Crippen LogP contribution in [0.1, 0.15) is 37.8 Å². The molecule has 0 radical (unpaired) electrons. The van der Waals surface area contributed by atoms with E-state index in [1.165, 1.54) is 11.1 Å². The molecule has 1 heterocycles. The minimum Gasteiger partial charge on any atom is -0.486 e. The van der Waals surface area contributed by atoms with E-state index in [0.29, 0.717) is 12.5 Å². The first-order chi connectivity index (χ1) is 8.69. The van der Waals surface area contributed by atoms with Gasteiger partial charge in [-0.25, -0.2) is 0 Å². The molecular weight excluding hydrogens is 224 g/mol. The van der Waals surface area contributed by atoms with Crippen LogP contribution in [0.4, 0.5) is 0 Å². The number of nitrogens with zero attached hydrogens (tertiary/aromatic N) is 2. The van der Waals surface area contributed by atoms with Gasteiger partial charge in [0, 0.05) is 6.54 Å². The summed E-state index contributed by atoms with van der Waals surface area (Å²) >= 11 is 0. The van der Waals surface area contributed by atoms with Crippen LogP contribution in [0.2, 0.25) is 0 Å². The Balaban J connectivity index is 1.93. The molecule has 0 aliphatic rings. The number of rotatable bonds is 5.